The SMILES string of the molecule is Fc1ccccc1.O=C(CCC1CCOCC1)N1C(=O)OC[C@H]1c1ccccc1. The van der Waals surface area contributed by atoms with Gasteiger partial charge in [0.05, 0.1) is 0 Å². The molecule has 0 radical (unpaired) electrons. The quantitative estimate of drug-likeness (QED) is 0.745. The smallest absolute Gasteiger partial charge is 0.417 e. The summed E-state index contributed by atoms with van der Waals surface area (Å²) in [5.41, 5.74) is 0.938. The van der Waals surface area contributed by atoms with Crippen LogP contribution in [0.1, 0.15) is 37.3 Å². The number of hydrogen-bond donors (Lipinski definition) is 0. The lowest BCUT2D eigenvalue weighted by Crippen LogP contribution is -2.34. The molecule has 2 aliphatic rings. The largest absolute Gasteiger partial charge is 0.446 e. The van der Waals surface area contributed by atoms with Gasteiger partial charge in [-0.05, 0) is 42.9 Å². The lowest BCUT2D eigenvalue weighted by Gasteiger charge is -2.24. The van der Waals surface area contributed by atoms with Crippen LogP contribution in [0.3, 0.4) is 0 Å². The zero-order valence-electron chi connectivity index (χ0n) is 16.3. The van der Waals surface area contributed by atoms with Crippen molar-refractivity contribution in [3.63, 3.8) is 0 Å². The van der Waals surface area contributed by atoms with Crippen molar-refractivity contribution in [2.75, 3.05) is 19.8 Å². The van der Waals surface area contributed by atoms with Gasteiger partial charge in [0.1, 0.15) is 18.5 Å². The maximum Gasteiger partial charge on any atom is 0.417 e. The van der Waals surface area contributed by atoms with Gasteiger partial charge in [-0.2, -0.15) is 0 Å². The summed E-state index contributed by atoms with van der Waals surface area (Å²) in [6.45, 7) is 1.79. The number of amides is 2. The van der Waals surface area contributed by atoms with E-state index < -0.39 is 6.09 Å². The van der Waals surface area contributed by atoms with E-state index in [1.165, 1.54) is 17.0 Å². The van der Waals surface area contributed by atoms with Crippen LogP contribution < -0.4 is 0 Å². The highest BCUT2D eigenvalue weighted by Gasteiger charge is 2.38. The summed E-state index contributed by atoms with van der Waals surface area (Å²) in [5.74, 6) is 0.205. The fourth-order valence-electron chi connectivity index (χ4n) is 3.52. The molecule has 0 N–H and O–H groups in total. The first-order valence-electron chi connectivity index (χ1n) is 9.97. The minimum absolute atomic E-state index is 0.136. The van der Waals surface area contributed by atoms with Gasteiger partial charge in [-0.1, -0.05) is 48.5 Å². The summed E-state index contributed by atoms with van der Waals surface area (Å²) in [4.78, 5) is 25.7. The standard InChI is InChI=1S/C17H21NO4.C6H5F/c19-16(7-6-13-8-10-21-11-9-13)18-15(12-22-17(18)20)14-4-2-1-3-5-14;7-6-4-2-1-3-5-6/h1-5,13,15H,6-12H2;1-5H/t15-;/m0./s1. The fourth-order valence-corrected chi connectivity index (χ4v) is 3.52. The normalized spacial score (nSPS) is 19.3. The lowest BCUT2D eigenvalue weighted by atomic mass is 9.94. The van der Waals surface area contributed by atoms with Crippen molar-refractivity contribution >= 4 is 12.0 Å². The highest BCUT2D eigenvalue weighted by atomic mass is 19.1. The summed E-state index contributed by atoms with van der Waals surface area (Å²) in [7, 11) is 0. The van der Waals surface area contributed by atoms with Crippen molar-refractivity contribution in [2.45, 2.75) is 31.7 Å². The van der Waals surface area contributed by atoms with Gasteiger partial charge in [0.15, 0.2) is 0 Å². The van der Waals surface area contributed by atoms with Crippen LogP contribution >= 0.6 is 0 Å². The monoisotopic (exact) mass is 399 g/mol. The Labute approximate surface area is 170 Å². The maximum absolute atomic E-state index is 12.5. The van der Waals surface area contributed by atoms with E-state index in [0.717, 1.165) is 38.0 Å². The van der Waals surface area contributed by atoms with E-state index in [0.29, 0.717) is 12.3 Å². The summed E-state index contributed by atoms with van der Waals surface area (Å²) in [5, 5.41) is 0. The van der Waals surface area contributed by atoms with Crippen molar-refractivity contribution in [1.29, 1.82) is 0 Å². The van der Waals surface area contributed by atoms with Crippen LogP contribution in [0.25, 0.3) is 0 Å². The van der Waals surface area contributed by atoms with Gasteiger partial charge in [0, 0.05) is 19.6 Å². The first-order valence-corrected chi connectivity index (χ1v) is 9.97. The zero-order chi connectivity index (χ0) is 20.5. The number of halogens is 1. The van der Waals surface area contributed by atoms with E-state index >= 15 is 0 Å². The molecule has 154 valence electrons. The molecule has 2 fully saturated rings. The first-order chi connectivity index (χ1) is 14.1. The molecule has 0 aliphatic carbocycles. The summed E-state index contributed by atoms with van der Waals surface area (Å²) in [6, 6.07) is 17.2. The van der Waals surface area contributed by atoms with Gasteiger partial charge in [-0.3, -0.25) is 4.79 Å². The fraction of sp³-hybridized carbons (Fsp3) is 0.391. The van der Waals surface area contributed by atoms with Crippen molar-refractivity contribution in [2.24, 2.45) is 5.92 Å². The van der Waals surface area contributed by atoms with Crippen molar-refractivity contribution in [1.82, 2.24) is 4.90 Å². The first kappa shape index (κ1) is 21.0. The lowest BCUT2D eigenvalue weighted by molar-refractivity contribution is -0.129. The van der Waals surface area contributed by atoms with Gasteiger partial charge in [0.2, 0.25) is 5.91 Å². The third kappa shape index (κ3) is 6.12. The second-order valence-electron chi connectivity index (χ2n) is 7.16. The molecule has 2 aromatic carbocycles. The average Bonchev–Trinajstić information content (AvgIpc) is 3.16. The summed E-state index contributed by atoms with van der Waals surface area (Å²) < 4.78 is 22.3. The summed E-state index contributed by atoms with van der Waals surface area (Å²) in [6.07, 6.45) is 2.68. The van der Waals surface area contributed by atoms with Crippen LogP contribution in [0.4, 0.5) is 9.18 Å². The molecule has 0 bridgehead atoms. The van der Waals surface area contributed by atoms with Crippen LogP contribution in [-0.2, 0) is 14.3 Å². The summed E-state index contributed by atoms with van der Waals surface area (Å²) >= 11 is 0. The van der Waals surface area contributed by atoms with E-state index in [1.807, 2.05) is 30.3 Å². The van der Waals surface area contributed by atoms with E-state index in [4.69, 9.17) is 9.47 Å². The Morgan fingerprint density at radius 3 is 2.21 bits per heavy atom. The molecule has 0 spiro atoms. The van der Waals surface area contributed by atoms with E-state index in [1.54, 1.807) is 18.2 Å². The Hall–Kier alpha value is -2.73. The molecule has 29 heavy (non-hydrogen) atoms. The van der Waals surface area contributed by atoms with Crippen LogP contribution in [-0.4, -0.2) is 36.7 Å². The Kier molecular flexibility index (Phi) is 7.76. The van der Waals surface area contributed by atoms with Crippen LogP contribution in [0.2, 0.25) is 0 Å². The van der Waals surface area contributed by atoms with Crippen LogP contribution in [0.15, 0.2) is 60.7 Å². The topological polar surface area (TPSA) is 55.8 Å². The Morgan fingerprint density at radius 1 is 1.00 bits per heavy atom. The van der Waals surface area contributed by atoms with Gasteiger partial charge < -0.3 is 9.47 Å². The number of rotatable bonds is 4. The van der Waals surface area contributed by atoms with E-state index in [2.05, 4.69) is 0 Å². The third-order valence-corrected chi connectivity index (χ3v) is 5.17. The van der Waals surface area contributed by atoms with Crippen molar-refractivity contribution in [3.05, 3.63) is 72.0 Å². The molecule has 0 saturated carbocycles. The number of nitrogens with zero attached hydrogens (tertiary/aromatic N) is 1. The Bertz CT molecular complexity index is 778. The Balaban J connectivity index is 0.000000290. The number of imide groups is 1. The number of carbonyl (C=O) groups is 2. The molecule has 2 saturated heterocycles. The number of cyclic esters (lactones) is 1. The third-order valence-electron chi connectivity index (χ3n) is 5.17. The Morgan fingerprint density at radius 2 is 1.62 bits per heavy atom. The molecule has 1 atom stereocenters. The van der Waals surface area contributed by atoms with E-state index in [-0.39, 0.29) is 24.4 Å². The molecule has 2 aromatic rings. The molecule has 2 aliphatic heterocycles. The van der Waals surface area contributed by atoms with Crippen LogP contribution in [0, 0.1) is 11.7 Å². The zero-order valence-corrected chi connectivity index (χ0v) is 16.3. The molecule has 2 amide bonds. The molecule has 6 heteroatoms. The van der Waals surface area contributed by atoms with Gasteiger partial charge in [-0.25, -0.2) is 14.1 Å². The minimum atomic E-state index is -0.522. The molecule has 2 heterocycles. The predicted octanol–water partition coefficient (Wildman–Crippen LogP) is 4.74. The molecule has 0 aromatic heterocycles. The van der Waals surface area contributed by atoms with Gasteiger partial charge in [0.25, 0.3) is 0 Å². The van der Waals surface area contributed by atoms with Crippen molar-refractivity contribution < 1.29 is 23.5 Å². The number of carbonyl (C=O) groups excluding carboxylic acids is 2. The average molecular weight is 399 g/mol. The number of ether oxygens (including phenoxy) is 2. The second-order valence-corrected chi connectivity index (χ2v) is 7.16. The maximum atomic E-state index is 12.5. The molecular weight excluding hydrogens is 373 g/mol. The van der Waals surface area contributed by atoms with Crippen molar-refractivity contribution in [3.8, 4) is 0 Å². The second kappa shape index (κ2) is 10.7. The predicted molar refractivity (Wildman–Crippen MR) is 107 cm³/mol. The highest BCUT2D eigenvalue weighted by Crippen LogP contribution is 2.29. The minimum Gasteiger partial charge on any atom is -0.446 e. The van der Waals surface area contributed by atoms with Gasteiger partial charge >= 0.3 is 6.09 Å². The molecule has 5 nitrogen and oxygen atoms in total. The van der Waals surface area contributed by atoms with E-state index in [9.17, 15) is 14.0 Å². The number of benzene rings is 2. The molecular formula is C23H26FNO4. The number of hydrogen-bond acceptors (Lipinski definition) is 4. The van der Waals surface area contributed by atoms with Gasteiger partial charge in [-0.15, -0.1) is 0 Å². The van der Waals surface area contributed by atoms with Crippen LogP contribution in [0.5, 0.6) is 0 Å². The highest BCUT2D eigenvalue weighted by molar-refractivity contribution is 5.93. The molecule has 0 unspecified atom stereocenters. The molecule has 4 rings (SSSR count).